The number of morpholine rings is 1. The van der Waals surface area contributed by atoms with Crippen LogP contribution in [0, 0.1) is 0 Å². The van der Waals surface area contributed by atoms with Gasteiger partial charge in [0.2, 0.25) is 0 Å². The van der Waals surface area contributed by atoms with Gasteiger partial charge in [0.05, 0.1) is 13.2 Å². The largest absolute Gasteiger partial charge is 0.379 e. The van der Waals surface area contributed by atoms with Gasteiger partial charge in [-0.2, -0.15) is 0 Å². The summed E-state index contributed by atoms with van der Waals surface area (Å²) in [5, 5.41) is 3.55. The van der Waals surface area contributed by atoms with Gasteiger partial charge >= 0.3 is 0 Å². The Balaban J connectivity index is 1.52. The highest BCUT2D eigenvalue weighted by atomic mass is 16.5. The molecule has 1 atom stereocenters. The van der Waals surface area contributed by atoms with Crippen molar-refractivity contribution in [2.75, 3.05) is 39.4 Å². The third-order valence-corrected chi connectivity index (χ3v) is 3.29. The van der Waals surface area contributed by atoms with E-state index in [2.05, 4.69) is 10.2 Å². The number of rotatable bonds is 4. The summed E-state index contributed by atoms with van der Waals surface area (Å²) >= 11 is 0. The van der Waals surface area contributed by atoms with Crippen molar-refractivity contribution in [3.63, 3.8) is 0 Å². The van der Waals surface area contributed by atoms with Crippen molar-refractivity contribution in [2.45, 2.75) is 31.7 Å². The third kappa shape index (κ3) is 3.23. The van der Waals surface area contributed by atoms with Crippen LogP contribution in [0.3, 0.4) is 0 Å². The Morgan fingerprint density at radius 3 is 2.86 bits per heavy atom. The molecule has 2 fully saturated rings. The fourth-order valence-corrected chi connectivity index (χ4v) is 2.39. The summed E-state index contributed by atoms with van der Waals surface area (Å²) in [7, 11) is 0. The standard InChI is InChI=1S/C11H22N2O/c1-3-11(12-5-1)4-2-6-13-7-9-14-10-8-13/h11-12H,1-10H2. The Morgan fingerprint density at radius 1 is 1.29 bits per heavy atom. The quantitative estimate of drug-likeness (QED) is 0.725. The first-order valence-electron chi connectivity index (χ1n) is 5.98. The molecule has 0 amide bonds. The summed E-state index contributed by atoms with van der Waals surface area (Å²) in [5.41, 5.74) is 0. The van der Waals surface area contributed by atoms with Crippen LogP contribution in [-0.2, 0) is 4.74 Å². The van der Waals surface area contributed by atoms with E-state index in [4.69, 9.17) is 4.74 Å². The molecular weight excluding hydrogens is 176 g/mol. The summed E-state index contributed by atoms with van der Waals surface area (Å²) in [6.07, 6.45) is 5.47. The van der Waals surface area contributed by atoms with Crippen LogP contribution in [0.25, 0.3) is 0 Å². The van der Waals surface area contributed by atoms with Crippen molar-refractivity contribution >= 4 is 0 Å². The molecule has 3 nitrogen and oxygen atoms in total. The van der Waals surface area contributed by atoms with Gasteiger partial charge in [-0.15, -0.1) is 0 Å². The predicted octanol–water partition coefficient (Wildman–Crippen LogP) is 0.851. The van der Waals surface area contributed by atoms with Crippen molar-refractivity contribution in [1.82, 2.24) is 10.2 Å². The molecule has 0 radical (unpaired) electrons. The van der Waals surface area contributed by atoms with E-state index in [9.17, 15) is 0 Å². The van der Waals surface area contributed by atoms with Gasteiger partial charge in [-0.3, -0.25) is 4.90 Å². The van der Waals surface area contributed by atoms with Gasteiger partial charge in [-0.05, 0) is 38.8 Å². The van der Waals surface area contributed by atoms with Gasteiger partial charge in [-0.1, -0.05) is 0 Å². The Morgan fingerprint density at radius 2 is 2.14 bits per heavy atom. The second-order valence-corrected chi connectivity index (χ2v) is 4.39. The van der Waals surface area contributed by atoms with Crippen molar-refractivity contribution in [2.24, 2.45) is 0 Å². The second-order valence-electron chi connectivity index (χ2n) is 4.39. The zero-order valence-corrected chi connectivity index (χ0v) is 9.00. The Kier molecular flexibility index (Phi) is 4.22. The zero-order valence-electron chi connectivity index (χ0n) is 9.00. The van der Waals surface area contributed by atoms with Crippen molar-refractivity contribution < 1.29 is 4.74 Å². The molecule has 2 rings (SSSR count). The van der Waals surface area contributed by atoms with Crippen LogP contribution >= 0.6 is 0 Å². The van der Waals surface area contributed by atoms with Crippen molar-refractivity contribution in [3.8, 4) is 0 Å². The normalized spacial score (nSPS) is 29.6. The average Bonchev–Trinajstić information content (AvgIpc) is 2.72. The van der Waals surface area contributed by atoms with E-state index in [0.29, 0.717) is 0 Å². The van der Waals surface area contributed by atoms with Gasteiger partial charge in [0.25, 0.3) is 0 Å². The minimum atomic E-state index is 0.816. The summed E-state index contributed by atoms with van der Waals surface area (Å²) < 4.78 is 5.33. The number of ether oxygens (including phenoxy) is 1. The van der Waals surface area contributed by atoms with Crippen LogP contribution in [0.2, 0.25) is 0 Å². The second kappa shape index (κ2) is 5.69. The molecule has 14 heavy (non-hydrogen) atoms. The fraction of sp³-hybridized carbons (Fsp3) is 1.00. The minimum Gasteiger partial charge on any atom is -0.379 e. The van der Waals surface area contributed by atoms with E-state index in [-0.39, 0.29) is 0 Å². The first kappa shape index (κ1) is 10.4. The molecule has 3 heteroatoms. The van der Waals surface area contributed by atoms with E-state index in [1.54, 1.807) is 0 Å². The molecule has 0 aromatic rings. The molecule has 2 aliphatic rings. The molecular formula is C11H22N2O. The van der Waals surface area contributed by atoms with E-state index in [1.165, 1.54) is 38.8 Å². The number of nitrogens with one attached hydrogen (secondary N) is 1. The Labute approximate surface area is 86.8 Å². The molecule has 1 unspecified atom stereocenters. The highest BCUT2D eigenvalue weighted by Gasteiger charge is 2.14. The lowest BCUT2D eigenvalue weighted by Gasteiger charge is -2.26. The van der Waals surface area contributed by atoms with Crippen LogP contribution in [0.5, 0.6) is 0 Å². The molecule has 1 N–H and O–H groups in total. The SMILES string of the molecule is C1CNC(CCCN2CCOCC2)C1. The van der Waals surface area contributed by atoms with Gasteiger partial charge in [0, 0.05) is 19.1 Å². The lowest BCUT2D eigenvalue weighted by atomic mass is 10.1. The molecule has 0 aliphatic carbocycles. The lowest BCUT2D eigenvalue weighted by molar-refractivity contribution is 0.0369. The fourth-order valence-electron chi connectivity index (χ4n) is 2.39. The topological polar surface area (TPSA) is 24.5 Å². The first-order valence-corrected chi connectivity index (χ1v) is 5.98. The maximum atomic E-state index is 5.33. The maximum absolute atomic E-state index is 5.33. The van der Waals surface area contributed by atoms with E-state index >= 15 is 0 Å². The Hall–Kier alpha value is -0.120. The highest BCUT2D eigenvalue weighted by Crippen LogP contribution is 2.11. The third-order valence-electron chi connectivity index (χ3n) is 3.29. The molecule has 82 valence electrons. The molecule has 0 bridgehead atoms. The number of nitrogens with zero attached hydrogens (tertiary/aromatic N) is 1. The maximum Gasteiger partial charge on any atom is 0.0594 e. The minimum absolute atomic E-state index is 0.816. The summed E-state index contributed by atoms with van der Waals surface area (Å²) in [5.74, 6) is 0. The van der Waals surface area contributed by atoms with Crippen LogP contribution in [-0.4, -0.2) is 50.3 Å². The molecule has 2 heterocycles. The first-order chi connectivity index (χ1) is 6.95. The molecule has 0 aromatic heterocycles. The summed E-state index contributed by atoms with van der Waals surface area (Å²) in [6, 6.07) is 0.816. The summed E-state index contributed by atoms with van der Waals surface area (Å²) in [6.45, 7) is 6.64. The number of hydrogen-bond donors (Lipinski definition) is 1. The molecule has 2 saturated heterocycles. The van der Waals surface area contributed by atoms with Gasteiger partial charge < -0.3 is 10.1 Å². The van der Waals surface area contributed by atoms with Gasteiger partial charge in [-0.25, -0.2) is 0 Å². The average molecular weight is 198 g/mol. The smallest absolute Gasteiger partial charge is 0.0594 e. The zero-order chi connectivity index (χ0) is 9.64. The van der Waals surface area contributed by atoms with E-state index in [0.717, 1.165) is 32.3 Å². The Bertz CT molecular complexity index is 151. The monoisotopic (exact) mass is 198 g/mol. The van der Waals surface area contributed by atoms with Gasteiger partial charge in [0.1, 0.15) is 0 Å². The lowest BCUT2D eigenvalue weighted by Crippen LogP contribution is -2.37. The van der Waals surface area contributed by atoms with E-state index < -0.39 is 0 Å². The number of hydrogen-bond acceptors (Lipinski definition) is 3. The van der Waals surface area contributed by atoms with Crippen molar-refractivity contribution in [3.05, 3.63) is 0 Å². The summed E-state index contributed by atoms with van der Waals surface area (Å²) in [4.78, 5) is 2.53. The van der Waals surface area contributed by atoms with Crippen LogP contribution in [0.15, 0.2) is 0 Å². The van der Waals surface area contributed by atoms with Crippen LogP contribution in [0.1, 0.15) is 25.7 Å². The predicted molar refractivity (Wildman–Crippen MR) is 57.5 cm³/mol. The van der Waals surface area contributed by atoms with Gasteiger partial charge in [0.15, 0.2) is 0 Å². The highest BCUT2D eigenvalue weighted by molar-refractivity contribution is 4.74. The van der Waals surface area contributed by atoms with E-state index in [1.807, 2.05) is 0 Å². The molecule has 0 spiro atoms. The van der Waals surface area contributed by atoms with Crippen LogP contribution in [0.4, 0.5) is 0 Å². The van der Waals surface area contributed by atoms with Crippen LogP contribution < -0.4 is 5.32 Å². The molecule has 0 saturated carbocycles. The molecule has 2 aliphatic heterocycles. The molecule has 0 aromatic carbocycles. The van der Waals surface area contributed by atoms with Crippen molar-refractivity contribution in [1.29, 1.82) is 0 Å².